The van der Waals surface area contributed by atoms with Gasteiger partial charge in [0.15, 0.2) is 5.12 Å². The van der Waals surface area contributed by atoms with Crippen molar-refractivity contribution in [1.29, 1.82) is 0 Å². The van der Waals surface area contributed by atoms with E-state index in [4.69, 9.17) is 0 Å². The average Bonchev–Trinajstić information content (AvgIpc) is 1.96. The van der Waals surface area contributed by atoms with Gasteiger partial charge in [-0.3, -0.25) is 4.79 Å². The highest BCUT2D eigenvalue weighted by Gasteiger charge is 2.01. The monoisotopic (exact) mass is 184 g/mol. The first-order valence-corrected chi connectivity index (χ1v) is 4.36. The Hall–Kier alpha value is -0.830. The summed E-state index contributed by atoms with van der Waals surface area (Å²) in [5.41, 5.74) is 0.571. The highest BCUT2D eigenvalue weighted by atomic mass is 32.2. The van der Waals surface area contributed by atoms with Crippen molar-refractivity contribution in [3.05, 3.63) is 29.6 Å². The maximum atomic E-state index is 12.7. The molecule has 0 unspecified atom stereocenters. The lowest BCUT2D eigenvalue weighted by molar-refractivity contribution is -0.109. The normalized spacial score (nSPS) is 9.92. The molecule has 0 N–H and O–H groups in total. The van der Waals surface area contributed by atoms with Crippen LogP contribution in [0.1, 0.15) is 12.5 Å². The van der Waals surface area contributed by atoms with Crippen LogP contribution in [0.25, 0.3) is 0 Å². The third-order valence-electron chi connectivity index (χ3n) is 1.39. The van der Waals surface area contributed by atoms with E-state index in [-0.39, 0.29) is 10.9 Å². The van der Waals surface area contributed by atoms with Gasteiger partial charge in [0.25, 0.3) is 0 Å². The third kappa shape index (κ3) is 2.34. The molecule has 1 rings (SSSR count). The third-order valence-corrected chi connectivity index (χ3v) is 2.17. The fourth-order valence-electron chi connectivity index (χ4n) is 0.847. The molecule has 0 saturated carbocycles. The maximum Gasteiger partial charge on any atom is 0.190 e. The van der Waals surface area contributed by atoms with E-state index in [1.54, 1.807) is 19.1 Å². The van der Waals surface area contributed by atoms with Gasteiger partial charge >= 0.3 is 0 Å². The predicted octanol–water partition coefficient (Wildman–Crippen LogP) is 2.77. The Balaban J connectivity index is 2.89. The molecule has 3 heteroatoms. The fraction of sp³-hybridized carbons (Fsp3) is 0.222. The summed E-state index contributed by atoms with van der Waals surface area (Å²) >= 11 is 1.12. The number of aryl methyl sites for hydroxylation is 1. The van der Waals surface area contributed by atoms with Crippen LogP contribution in [0.3, 0.4) is 0 Å². The Kier molecular flexibility index (Phi) is 2.87. The highest BCUT2D eigenvalue weighted by molar-refractivity contribution is 8.13. The molecule has 0 spiro atoms. The zero-order valence-corrected chi connectivity index (χ0v) is 7.74. The lowest BCUT2D eigenvalue weighted by Gasteiger charge is -1.99. The van der Waals surface area contributed by atoms with Gasteiger partial charge in [0.2, 0.25) is 0 Å². The second-order valence-electron chi connectivity index (χ2n) is 2.50. The first-order chi connectivity index (χ1) is 5.59. The molecule has 0 aliphatic rings. The summed E-state index contributed by atoms with van der Waals surface area (Å²) in [6.45, 7) is 3.17. The maximum absolute atomic E-state index is 12.7. The van der Waals surface area contributed by atoms with E-state index in [1.807, 2.05) is 0 Å². The molecule has 64 valence electrons. The van der Waals surface area contributed by atoms with E-state index in [9.17, 15) is 9.18 Å². The molecular formula is C9H9FOS. The van der Waals surface area contributed by atoms with E-state index < -0.39 is 0 Å². The summed E-state index contributed by atoms with van der Waals surface area (Å²) in [5, 5.41) is 0.0148. The number of rotatable bonds is 1. The van der Waals surface area contributed by atoms with Crippen LogP contribution in [-0.2, 0) is 4.79 Å². The number of hydrogen-bond acceptors (Lipinski definition) is 2. The summed E-state index contributed by atoms with van der Waals surface area (Å²) in [4.78, 5) is 11.5. The molecule has 0 heterocycles. The van der Waals surface area contributed by atoms with E-state index >= 15 is 0 Å². The molecule has 0 radical (unpaired) electrons. The average molecular weight is 184 g/mol. The molecule has 0 saturated heterocycles. The predicted molar refractivity (Wildman–Crippen MR) is 47.7 cm³/mol. The van der Waals surface area contributed by atoms with Crippen molar-refractivity contribution in [3.8, 4) is 0 Å². The standard InChI is InChI=1S/C9H9FOS/c1-6-5-8(12-7(2)11)3-4-9(6)10/h3-5H,1-2H3. The summed E-state index contributed by atoms with van der Waals surface area (Å²) in [7, 11) is 0. The van der Waals surface area contributed by atoms with E-state index in [2.05, 4.69) is 0 Å². The number of carbonyl (C=O) groups excluding carboxylic acids is 1. The molecule has 1 aromatic rings. The molecular weight excluding hydrogens is 175 g/mol. The zero-order valence-electron chi connectivity index (χ0n) is 6.93. The summed E-state index contributed by atoms with van der Waals surface area (Å²) < 4.78 is 12.7. The number of halogens is 1. The van der Waals surface area contributed by atoms with Gasteiger partial charge in [0, 0.05) is 11.8 Å². The van der Waals surface area contributed by atoms with Crippen LogP contribution in [0.5, 0.6) is 0 Å². The molecule has 0 aliphatic heterocycles. The largest absolute Gasteiger partial charge is 0.287 e. The van der Waals surface area contributed by atoms with Crippen molar-refractivity contribution < 1.29 is 9.18 Å². The smallest absolute Gasteiger partial charge is 0.190 e. The van der Waals surface area contributed by atoms with Crippen molar-refractivity contribution in [2.75, 3.05) is 0 Å². The van der Waals surface area contributed by atoms with Crippen molar-refractivity contribution in [1.82, 2.24) is 0 Å². The van der Waals surface area contributed by atoms with Gasteiger partial charge in [-0.15, -0.1) is 0 Å². The molecule has 0 bridgehead atoms. The minimum absolute atomic E-state index is 0.0148. The van der Waals surface area contributed by atoms with E-state index in [1.165, 1.54) is 13.0 Å². The molecule has 0 aliphatic carbocycles. The first-order valence-electron chi connectivity index (χ1n) is 3.54. The molecule has 1 aromatic carbocycles. The van der Waals surface area contributed by atoms with Crippen LogP contribution in [0.15, 0.2) is 23.1 Å². The van der Waals surface area contributed by atoms with Crippen LogP contribution in [0.4, 0.5) is 4.39 Å². The SMILES string of the molecule is CC(=O)Sc1ccc(F)c(C)c1. The molecule has 1 nitrogen and oxygen atoms in total. The Bertz CT molecular complexity index is 309. The van der Waals surface area contributed by atoms with Crippen LogP contribution < -0.4 is 0 Å². The Morgan fingerprint density at radius 3 is 2.67 bits per heavy atom. The second-order valence-corrected chi connectivity index (χ2v) is 3.76. The molecule has 0 fully saturated rings. The fourth-order valence-corrected chi connectivity index (χ4v) is 1.55. The lowest BCUT2D eigenvalue weighted by atomic mass is 10.2. The molecule has 0 amide bonds. The number of hydrogen-bond donors (Lipinski definition) is 0. The molecule has 0 aromatic heterocycles. The number of carbonyl (C=O) groups is 1. The summed E-state index contributed by atoms with van der Waals surface area (Å²) in [5.74, 6) is -0.233. The van der Waals surface area contributed by atoms with Crippen LogP contribution in [-0.4, -0.2) is 5.12 Å². The van der Waals surface area contributed by atoms with Gasteiger partial charge in [0.05, 0.1) is 0 Å². The van der Waals surface area contributed by atoms with Crippen molar-refractivity contribution in [2.45, 2.75) is 18.7 Å². The minimum atomic E-state index is -0.233. The Labute approximate surface area is 75.0 Å². The summed E-state index contributed by atoms with van der Waals surface area (Å²) in [6, 6.07) is 4.65. The van der Waals surface area contributed by atoms with Gasteiger partial charge in [-0.25, -0.2) is 4.39 Å². The second kappa shape index (κ2) is 3.72. The van der Waals surface area contributed by atoms with Crippen LogP contribution in [0.2, 0.25) is 0 Å². The van der Waals surface area contributed by atoms with Gasteiger partial charge in [-0.2, -0.15) is 0 Å². The van der Waals surface area contributed by atoms with Crippen molar-refractivity contribution in [2.24, 2.45) is 0 Å². The number of benzene rings is 1. The number of thioether (sulfide) groups is 1. The van der Waals surface area contributed by atoms with Gasteiger partial charge in [-0.05, 0) is 30.7 Å². The van der Waals surface area contributed by atoms with Crippen molar-refractivity contribution in [3.63, 3.8) is 0 Å². The lowest BCUT2D eigenvalue weighted by Crippen LogP contribution is -1.85. The van der Waals surface area contributed by atoms with Crippen molar-refractivity contribution >= 4 is 16.9 Å². The summed E-state index contributed by atoms with van der Waals surface area (Å²) in [6.07, 6.45) is 0. The minimum Gasteiger partial charge on any atom is -0.287 e. The van der Waals surface area contributed by atoms with E-state index in [0.717, 1.165) is 16.7 Å². The first kappa shape index (κ1) is 9.26. The Morgan fingerprint density at radius 2 is 2.17 bits per heavy atom. The van der Waals surface area contributed by atoms with E-state index in [0.29, 0.717) is 5.56 Å². The van der Waals surface area contributed by atoms with Gasteiger partial charge < -0.3 is 0 Å². The van der Waals surface area contributed by atoms with Crippen LogP contribution >= 0.6 is 11.8 Å². The Morgan fingerprint density at radius 1 is 1.50 bits per heavy atom. The molecule has 0 atom stereocenters. The van der Waals surface area contributed by atoms with Gasteiger partial charge in [-0.1, -0.05) is 11.8 Å². The highest BCUT2D eigenvalue weighted by Crippen LogP contribution is 2.20. The van der Waals surface area contributed by atoms with Gasteiger partial charge in [0.1, 0.15) is 5.82 Å². The topological polar surface area (TPSA) is 17.1 Å². The zero-order chi connectivity index (χ0) is 9.14. The quantitative estimate of drug-likeness (QED) is 0.624. The molecule has 12 heavy (non-hydrogen) atoms. The van der Waals surface area contributed by atoms with Crippen LogP contribution in [0, 0.1) is 12.7 Å².